The van der Waals surface area contributed by atoms with Gasteiger partial charge in [-0.05, 0) is 6.92 Å². The largest absolute Gasteiger partial charge is 0.285 e. The van der Waals surface area contributed by atoms with E-state index in [1.54, 1.807) is 0 Å². The lowest BCUT2D eigenvalue weighted by atomic mass is 10.6. The predicted octanol–water partition coefficient (Wildman–Crippen LogP) is 0.264. The van der Waals surface area contributed by atoms with Crippen molar-refractivity contribution in [3.8, 4) is 0 Å². The van der Waals surface area contributed by atoms with Gasteiger partial charge >= 0.3 is 0 Å². The maximum atomic E-state index is 9.87. The Hall–Kier alpha value is -0.350. The van der Waals surface area contributed by atoms with E-state index in [9.17, 15) is 8.42 Å². The van der Waals surface area contributed by atoms with E-state index in [4.69, 9.17) is 4.55 Å². The molecule has 4 heteroatoms. The molecule has 0 heterocycles. The molecule has 0 amide bonds. The Balaban J connectivity index is 3.76. The molecule has 0 spiro atoms. The second-order valence-electron chi connectivity index (χ2n) is 1.22. The Morgan fingerprint density at radius 2 is 2.12 bits per heavy atom. The van der Waals surface area contributed by atoms with E-state index in [-0.39, 0.29) is 5.75 Å². The first-order valence-corrected chi connectivity index (χ1v) is 3.56. The van der Waals surface area contributed by atoms with Gasteiger partial charge in [0.1, 0.15) is 0 Å². The summed E-state index contributed by atoms with van der Waals surface area (Å²) in [4.78, 5) is 0. The molecule has 1 N–H and O–H groups in total. The van der Waals surface area contributed by atoms with Crippen LogP contribution in [0.15, 0.2) is 12.2 Å². The molecule has 0 unspecified atom stereocenters. The monoisotopic (exact) mass is 135 g/mol. The van der Waals surface area contributed by atoms with Crippen molar-refractivity contribution < 1.29 is 13.0 Å². The Morgan fingerprint density at radius 3 is 2.25 bits per heavy atom. The van der Waals surface area contributed by atoms with Crippen molar-refractivity contribution in [3.05, 3.63) is 19.1 Å². The molecule has 0 aliphatic carbocycles. The van der Waals surface area contributed by atoms with Crippen molar-refractivity contribution in [1.82, 2.24) is 0 Å². The van der Waals surface area contributed by atoms with Crippen LogP contribution in [0.1, 0.15) is 0 Å². The van der Waals surface area contributed by atoms with Gasteiger partial charge < -0.3 is 0 Å². The zero-order chi connectivity index (χ0) is 6.62. The standard InChI is InChI=1S/C4H7O3S/c1-2-3-4-8(5,6)7/h2-3H,1,4H2,(H,5,6,7). The molecule has 47 valence electrons. The molecule has 0 atom stereocenters. The lowest BCUT2D eigenvalue weighted by molar-refractivity contribution is 0.487. The van der Waals surface area contributed by atoms with Crippen LogP contribution in [0.25, 0.3) is 0 Å². The number of hydrogen-bond donors (Lipinski definition) is 1. The van der Waals surface area contributed by atoms with Crippen LogP contribution in [0, 0.1) is 6.92 Å². The highest BCUT2D eigenvalue weighted by atomic mass is 32.2. The van der Waals surface area contributed by atoms with Crippen molar-refractivity contribution in [2.24, 2.45) is 0 Å². The minimum absolute atomic E-state index is 0.351. The second-order valence-corrected chi connectivity index (χ2v) is 2.72. The average Bonchev–Trinajstić information content (AvgIpc) is 1.59. The van der Waals surface area contributed by atoms with Gasteiger partial charge in [-0.25, -0.2) is 0 Å². The SMILES string of the molecule is [CH2]C=CCS(=O)(=O)O. The summed E-state index contributed by atoms with van der Waals surface area (Å²) in [6.07, 6.45) is 2.57. The smallest absolute Gasteiger partial charge is 0.268 e. The first kappa shape index (κ1) is 7.65. The minimum Gasteiger partial charge on any atom is -0.285 e. The van der Waals surface area contributed by atoms with Crippen LogP contribution in [0.5, 0.6) is 0 Å². The molecule has 0 rings (SSSR count). The summed E-state index contributed by atoms with van der Waals surface area (Å²) >= 11 is 0. The van der Waals surface area contributed by atoms with E-state index in [2.05, 4.69) is 6.92 Å². The molecule has 0 aromatic carbocycles. The van der Waals surface area contributed by atoms with Crippen molar-refractivity contribution in [2.75, 3.05) is 5.75 Å². The zero-order valence-electron chi connectivity index (χ0n) is 4.24. The predicted molar refractivity (Wildman–Crippen MR) is 30.9 cm³/mol. The van der Waals surface area contributed by atoms with Gasteiger partial charge in [-0.15, -0.1) is 0 Å². The minimum atomic E-state index is -3.81. The summed E-state index contributed by atoms with van der Waals surface area (Å²) in [5, 5.41) is 0. The van der Waals surface area contributed by atoms with Crippen LogP contribution in [-0.2, 0) is 10.1 Å². The first-order chi connectivity index (χ1) is 3.56. The van der Waals surface area contributed by atoms with E-state index in [1.807, 2.05) is 0 Å². The van der Waals surface area contributed by atoms with Crippen molar-refractivity contribution in [1.29, 1.82) is 0 Å². The van der Waals surface area contributed by atoms with E-state index < -0.39 is 10.1 Å². The Bertz CT molecular complexity index is 166. The van der Waals surface area contributed by atoms with Gasteiger partial charge in [-0.2, -0.15) is 8.42 Å². The molecule has 0 aromatic rings. The van der Waals surface area contributed by atoms with E-state index in [1.165, 1.54) is 12.2 Å². The first-order valence-electron chi connectivity index (χ1n) is 1.95. The normalized spacial score (nSPS) is 12.8. The van der Waals surface area contributed by atoms with Crippen molar-refractivity contribution >= 4 is 10.1 Å². The fourth-order valence-electron chi connectivity index (χ4n) is 0.190. The molecule has 0 aromatic heterocycles. The maximum Gasteiger partial charge on any atom is 0.268 e. The highest BCUT2D eigenvalue weighted by molar-refractivity contribution is 7.85. The van der Waals surface area contributed by atoms with Gasteiger partial charge in [-0.3, -0.25) is 4.55 Å². The molecule has 8 heavy (non-hydrogen) atoms. The molecule has 0 saturated carbocycles. The number of hydrogen-bond acceptors (Lipinski definition) is 2. The van der Waals surface area contributed by atoms with E-state index in [0.717, 1.165) is 0 Å². The summed E-state index contributed by atoms with van der Waals surface area (Å²) in [7, 11) is -3.81. The summed E-state index contributed by atoms with van der Waals surface area (Å²) in [6, 6.07) is 0. The molecule has 0 aliphatic heterocycles. The van der Waals surface area contributed by atoms with Crippen LogP contribution in [0.3, 0.4) is 0 Å². The third-order valence-electron chi connectivity index (χ3n) is 0.474. The maximum absolute atomic E-state index is 9.87. The topological polar surface area (TPSA) is 54.4 Å². The highest BCUT2D eigenvalue weighted by Crippen LogP contribution is 1.81. The fraction of sp³-hybridized carbons (Fsp3) is 0.250. The quantitative estimate of drug-likeness (QED) is 0.553. The van der Waals surface area contributed by atoms with Gasteiger partial charge in [0.15, 0.2) is 0 Å². The molecule has 1 radical (unpaired) electrons. The summed E-state index contributed by atoms with van der Waals surface area (Å²) in [5.74, 6) is -0.351. The third-order valence-corrected chi connectivity index (χ3v) is 1.09. The Labute approximate surface area is 48.8 Å². The second kappa shape index (κ2) is 2.84. The Kier molecular flexibility index (Phi) is 2.71. The molecule has 0 saturated heterocycles. The molecule has 0 fully saturated rings. The molecule has 0 bridgehead atoms. The van der Waals surface area contributed by atoms with Crippen LogP contribution in [0.2, 0.25) is 0 Å². The fourth-order valence-corrected chi connectivity index (χ4v) is 0.569. The zero-order valence-corrected chi connectivity index (χ0v) is 5.06. The van der Waals surface area contributed by atoms with E-state index >= 15 is 0 Å². The van der Waals surface area contributed by atoms with Gasteiger partial charge in [0.2, 0.25) is 0 Å². The lowest BCUT2D eigenvalue weighted by Gasteiger charge is -1.83. The lowest BCUT2D eigenvalue weighted by Crippen LogP contribution is -1.99. The van der Waals surface area contributed by atoms with Crippen LogP contribution >= 0.6 is 0 Å². The summed E-state index contributed by atoms with van der Waals surface area (Å²) in [5.41, 5.74) is 0. The summed E-state index contributed by atoms with van der Waals surface area (Å²) in [6.45, 7) is 3.23. The third kappa shape index (κ3) is 5.65. The van der Waals surface area contributed by atoms with Crippen LogP contribution < -0.4 is 0 Å². The Morgan fingerprint density at radius 1 is 1.62 bits per heavy atom. The molecule has 3 nitrogen and oxygen atoms in total. The number of allylic oxidation sites excluding steroid dienone is 1. The summed E-state index contributed by atoms with van der Waals surface area (Å²) < 4.78 is 27.8. The average molecular weight is 135 g/mol. The van der Waals surface area contributed by atoms with E-state index in [0.29, 0.717) is 0 Å². The van der Waals surface area contributed by atoms with Gasteiger partial charge in [0.05, 0.1) is 5.75 Å². The molecular formula is C4H7O3S. The molecule has 0 aliphatic rings. The molecular weight excluding hydrogens is 128 g/mol. The highest BCUT2D eigenvalue weighted by Gasteiger charge is 1.96. The number of rotatable bonds is 2. The van der Waals surface area contributed by atoms with Crippen LogP contribution in [-0.4, -0.2) is 18.7 Å². The van der Waals surface area contributed by atoms with Crippen LogP contribution in [0.4, 0.5) is 0 Å². The van der Waals surface area contributed by atoms with Crippen molar-refractivity contribution in [2.45, 2.75) is 0 Å². The van der Waals surface area contributed by atoms with Gasteiger partial charge in [0.25, 0.3) is 10.1 Å². The van der Waals surface area contributed by atoms with Gasteiger partial charge in [0, 0.05) is 0 Å². The van der Waals surface area contributed by atoms with Crippen molar-refractivity contribution in [3.63, 3.8) is 0 Å². The van der Waals surface area contributed by atoms with Gasteiger partial charge in [-0.1, -0.05) is 12.2 Å².